The van der Waals surface area contributed by atoms with Crippen molar-refractivity contribution in [3.8, 4) is 0 Å². The molecule has 3 N–H and O–H groups in total. The van der Waals surface area contributed by atoms with E-state index in [4.69, 9.17) is 5.11 Å². The number of rotatable bonds is 5. The largest absolute Gasteiger partial charge is 0.478 e. The summed E-state index contributed by atoms with van der Waals surface area (Å²) in [5.41, 5.74) is 3.31. The lowest BCUT2D eigenvalue weighted by Gasteiger charge is -2.09. The molecule has 0 aliphatic rings. The average molecular weight is 280 g/mol. The van der Waals surface area contributed by atoms with Gasteiger partial charge in [-0.2, -0.15) is 0 Å². The lowest BCUT2D eigenvalue weighted by molar-refractivity contribution is 0.0698. The van der Waals surface area contributed by atoms with Crippen LogP contribution in [0.5, 0.6) is 0 Å². The van der Waals surface area contributed by atoms with Crippen molar-refractivity contribution in [3.63, 3.8) is 0 Å². The highest BCUT2D eigenvalue weighted by Crippen LogP contribution is 2.19. The number of aromatic amines is 1. The van der Waals surface area contributed by atoms with Crippen LogP contribution in [-0.2, 0) is 6.42 Å². The number of para-hydroxylation sites is 2. The van der Waals surface area contributed by atoms with Crippen molar-refractivity contribution in [3.05, 3.63) is 65.9 Å². The van der Waals surface area contributed by atoms with E-state index >= 15 is 0 Å². The van der Waals surface area contributed by atoms with Gasteiger partial charge >= 0.3 is 5.97 Å². The molecule has 106 valence electrons. The van der Waals surface area contributed by atoms with Crippen molar-refractivity contribution in [2.24, 2.45) is 0 Å². The lowest BCUT2D eigenvalue weighted by atomic mass is 10.1. The third-order valence-electron chi connectivity index (χ3n) is 3.54. The Morgan fingerprint density at radius 3 is 2.71 bits per heavy atom. The Morgan fingerprint density at radius 2 is 1.86 bits per heavy atom. The van der Waals surface area contributed by atoms with Crippen LogP contribution in [0, 0.1) is 0 Å². The van der Waals surface area contributed by atoms with Gasteiger partial charge in [-0.25, -0.2) is 4.79 Å². The summed E-state index contributed by atoms with van der Waals surface area (Å²) in [6.45, 7) is 0.687. The minimum atomic E-state index is -0.912. The molecule has 21 heavy (non-hydrogen) atoms. The smallest absolute Gasteiger partial charge is 0.337 e. The van der Waals surface area contributed by atoms with Crippen LogP contribution in [0.15, 0.2) is 54.7 Å². The molecule has 0 amide bonds. The number of aromatic carboxylic acids is 1. The first-order valence-electron chi connectivity index (χ1n) is 6.87. The van der Waals surface area contributed by atoms with Gasteiger partial charge < -0.3 is 15.4 Å². The number of carboxylic acid groups (broad SMARTS) is 1. The maximum absolute atomic E-state index is 11.1. The maximum Gasteiger partial charge on any atom is 0.337 e. The SMILES string of the molecule is O=C(O)c1ccccc1NCCc1c[nH]c2ccccc12. The summed E-state index contributed by atoms with van der Waals surface area (Å²) in [6.07, 6.45) is 2.84. The zero-order valence-electron chi connectivity index (χ0n) is 11.5. The fourth-order valence-electron chi connectivity index (χ4n) is 2.49. The van der Waals surface area contributed by atoms with Crippen molar-refractivity contribution in [2.75, 3.05) is 11.9 Å². The van der Waals surface area contributed by atoms with Crippen molar-refractivity contribution in [1.29, 1.82) is 0 Å². The molecule has 4 heteroatoms. The Hall–Kier alpha value is -2.75. The number of aromatic nitrogens is 1. The third kappa shape index (κ3) is 2.74. The maximum atomic E-state index is 11.1. The second-order valence-corrected chi connectivity index (χ2v) is 4.89. The van der Waals surface area contributed by atoms with Crippen LogP contribution in [0.1, 0.15) is 15.9 Å². The third-order valence-corrected chi connectivity index (χ3v) is 3.54. The van der Waals surface area contributed by atoms with E-state index in [0.717, 1.165) is 11.9 Å². The Morgan fingerprint density at radius 1 is 1.10 bits per heavy atom. The number of hydrogen-bond acceptors (Lipinski definition) is 2. The average Bonchev–Trinajstić information content (AvgIpc) is 2.91. The molecule has 2 aromatic carbocycles. The minimum Gasteiger partial charge on any atom is -0.478 e. The summed E-state index contributed by atoms with van der Waals surface area (Å²) in [4.78, 5) is 14.4. The van der Waals surface area contributed by atoms with Crippen molar-refractivity contribution in [1.82, 2.24) is 4.98 Å². The van der Waals surface area contributed by atoms with Crippen molar-refractivity contribution in [2.45, 2.75) is 6.42 Å². The number of carboxylic acids is 1. The molecule has 0 aliphatic heterocycles. The van der Waals surface area contributed by atoms with Gasteiger partial charge in [0.05, 0.1) is 5.56 Å². The van der Waals surface area contributed by atoms with Gasteiger partial charge in [-0.05, 0) is 30.2 Å². The number of carbonyl (C=O) groups is 1. The van der Waals surface area contributed by atoms with Gasteiger partial charge in [0.25, 0.3) is 0 Å². The first-order chi connectivity index (χ1) is 10.3. The summed E-state index contributed by atoms with van der Waals surface area (Å²) < 4.78 is 0. The van der Waals surface area contributed by atoms with E-state index in [0.29, 0.717) is 17.8 Å². The molecule has 0 saturated carbocycles. The highest BCUT2D eigenvalue weighted by molar-refractivity contribution is 5.94. The Kier molecular flexibility index (Phi) is 3.60. The number of benzene rings is 2. The van der Waals surface area contributed by atoms with E-state index in [2.05, 4.69) is 16.4 Å². The number of anilines is 1. The zero-order valence-corrected chi connectivity index (χ0v) is 11.5. The van der Waals surface area contributed by atoms with E-state index in [1.165, 1.54) is 10.9 Å². The summed E-state index contributed by atoms with van der Waals surface area (Å²) in [5.74, 6) is -0.912. The normalized spacial score (nSPS) is 10.7. The van der Waals surface area contributed by atoms with Crippen LogP contribution in [0.3, 0.4) is 0 Å². The van der Waals surface area contributed by atoms with Gasteiger partial charge in [0, 0.05) is 29.3 Å². The lowest BCUT2D eigenvalue weighted by Crippen LogP contribution is -2.09. The topological polar surface area (TPSA) is 65.1 Å². The molecule has 0 fully saturated rings. The molecule has 0 aliphatic carbocycles. The monoisotopic (exact) mass is 280 g/mol. The van der Waals surface area contributed by atoms with Gasteiger partial charge in [0.15, 0.2) is 0 Å². The Bertz CT molecular complexity index is 777. The molecule has 4 nitrogen and oxygen atoms in total. The molecule has 1 heterocycles. The summed E-state index contributed by atoms with van der Waals surface area (Å²) in [5, 5.41) is 13.6. The fraction of sp³-hybridized carbons (Fsp3) is 0.118. The minimum absolute atomic E-state index is 0.302. The molecule has 0 bridgehead atoms. The van der Waals surface area contributed by atoms with Crippen LogP contribution < -0.4 is 5.32 Å². The van der Waals surface area contributed by atoms with Gasteiger partial charge in [-0.15, -0.1) is 0 Å². The molecular weight excluding hydrogens is 264 g/mol. The molecule has 0 saturated heterocycles. The predicted octanol–water partition coefficient (Wildman–Crippen LogP) is 3.52. The van der Waals surface area contributed by atoms with E-state index in [1.807, 2.05) is 30.5 Å². The van der Waals surface area contributed by atoms with E-state index < -0.39 is 5.97 Å². The highest BCUT2D eigenvalue weighted by Gasteiger charge is 2.08. The fourth-order valence-corrected chi connectivity index (χ4v) is 2.49. The van der Waals surface area contributed by atoms with Crippen LogP contribution >= 0.6 is 0 Å². The number of H-pyrrole nitrogens is 1. The molecule has 0 spiro atoms. The second kappa shape index (κ2) is 5.71. The molecule has 1 aromatic heterocycles. The summed E-state index contributed by atoms with van der Waals surface area (Å²) >= 11 is 0. The Labute approximate surface area is 122 Å². The van der Waals surface area contributed by atoms with E-state index in [1.54, 1.807) is 18.2 Å². The molecular formula is C17H16N2O2. The molecule has 3 rings (SSSR count). The van der Waals surface area contributed by atoms with Crippen LogP contribution in [0.25, 0.3) is 10.9 Å². The Balaban J connectivity index is 1.71. The van der Waals surface area contributed by atoms with Crippen molar-refractivity contribution < 1.29 is 9.90 Å². The van der Waals surface area contributed by atoms with Gasteiger partial charge in [-0.1, -0.05) is 30.3 Å². The first-order valence-corrected chi connectivity index (χ1v) is 6.87. The van der Waals surface area contributed by atoms with Gasteiger partial charge in [0.1, 0.15) is 0 Å². The zero-order chi connectivity index (χ0) is 14.7. The first kappa shape index (κ1) is 13.2. The second-order valence-electron chi connectivity index (χ2n) is 4.89. The van der Waals surface area contributed by atoms with Crippen LogP contribution in [0.2, 0.25) is 0 Å². The number of nitrogens with one attached hydrogen (secondary N) is 2. The quantitative estimate of drug-likeness (QED) is 0.670. The molecule has 3 aromatic rings. The number of fused-ring (bicyclic) bond motifs is 1. The van der Waals surface area contributed by atoms with Crippen LogP contribution in [-0.4, -0.2) is 22.6 Å². The number of hydrogen-bond donors (Lipinski definition) is 3. The molecule has 0 atom stereocenters. The summed E-state index contributed by atoms with van der Waals surface area (Å²) in [7, 11) is 0. The highest BCUT2D eigenvalue weighted by atomic mass is 16.4. The molecule has 0 radical (unpaired) electrons. The van der Waals surface area contributed by atoms with Crippen LogP contribution in [0.4, 0.5) is 5.69 Å². The van der Waals surface area contributed by atoms with Gasteiger partial charge in [-0.3, -0.25) is 0 Å². The molecule has 0 unspecified atom stereocenters. The van der Waals surface area contributed by atoms with Crippen molar-refractivity contribution >= 4 is 22.6 Å². The van der Waals surface area contributed by atoms with E-state index in [-0.39, 0.29) is 0 Å². The van der Waals surface area contributed by atoms with Gasteiger partial charge in [0.2, 0.25) is 0 Å². The van der Waals surface area contributed by atoms with E-state index in [9.17, 15) is 4.79 Å². The predicted molar refractivity (Wildman–Crippen MR) is 83.9 cm³/mol. The summed E-state index contributed by atoms with van der Waals surface area (Å²) in [6, 6.07) is 15.1. The standard InChI is InChI=1S/C17H16N2O2/c20-17(21)14-6-2-4-8-16(14)18-10-9-12-11-19-15-7-3-1-5-13(12)15/h1-8,11,18-19H,9-10H2,(H,20,21).